The molecule has 70 heavy (non-hydrogen) atoms. The summed E-state index contributed by atoms with van der Waals surface area (Å²) < 4.78 is 2.45. The Labute approximate surface area is 409 Å². The average molecular weight is 893 g/mol. The van der Waals surface area contributed by atoms with Gasteiger partial charge in [0, 0.05) is 39.0 Å². The van der Waals surface area contributed by atoms with E-state index in [1.807, 2.05) is 0 Å². The van der Waals surface area contributed by atoms with E-state index in [1.165, 1.54) is 88.4 Å². The largest absolute Gasteiger partial charge is 0.310 e. The third kappa shape index (κ3) is 7.30. The normalized spacial score (nSPS) is 14.1. The first kappa shape index (κ1) is 41.2. The Hall–Kier alpha value is -8.98. The number of aromatic nitrogens is 1. The van der Waals surface area contributed by atoms with Gasteiger partial charge in [-0.25, -0.2) is 0 Å². The summed E-state index contributed by atoms with van der Waals surface area (Å²) in [5, 5.41) is 4.96. The summed E-state index contributed by atoms with van der Waals surface area (Å²) in [6, 6.07) is 86.7. The Bertz CT molecular complexity index is 3880. The van der Waals surface area contributed by atoms with Gasteiger partial charge in [0.25, 0.3) is 0 Å². The van der Waals surface area contributed by atoms with Crippen molar-refractivity contribution in [3.05, 3.63) is 284 Å². The first-order valence-corrected chi connectivity index (χ1v) is 24.4. The molecule has 10 aromatic carbocycles. The molecule has 13 rings (SSSR count). The minimum absolute atomic E-state index is 0.458. The molecule has 0 spiro atoms. The minimum atomic E-state index is 0.458. The zero-order valence-electron chi connectivity index (χ0n) is 38.7. The highest BCUT2D eigenvalue weighted by atomic mass is 15.1. The van der Waals surface area contributed by atoms with Crippen LogP contribution in [0.5, 0.6) is 0 Å². The lowest BCUT2D eigenvalue weighted by Crippen LogP contribution is -2.11. The van der Waals surface area contributed by atoms with Gasteiger partial charge in [0.15, 0.2) is 0 Å². The van der Waals surface area contributed by atoms with Crippen molar-refractivity contribution in [3.63, 3.8) is 0 Å². The van der Waals surface area contributed by atoms with Crippen molar-refractivity contribution in [2.45, 2.75) is 6.42 Å². The predicted molar refractivity (Wildman–Crippen MR) is 297 cm³/mol. The van der Waals surface area contributed by atoms with Crippen molar-refractivity contribution in [2.75, 3.05) is 4.90 Å². The number of nitrogens with zero attached hydrogens (tertiary/aromatic N) is 2. The maximum absolute atomic E-state index is 2.45. The lowest BCUT2D eigenvalue weighted by molar-refractivity contribution is 0.784. The van der Waals surface area contributed by atoms with E-state index in [4.69, 9.17) is 0 Å². The number of fused-ring (bicyclic) bond motifs is 5. The molecule has 0 N–H and O–H groups in total. The van der Waals surface area contributed by atoms with Crippen LogP contribution in [-0.2, 0) is 0 Å². The maximum atomic E-state index is 2.45. The van der Waals surface area contributed by atoms with Crippen LogP contribution in [0.2, 0.25) is 0 Å². The summed E-state index contributed by atoms with van der Waals surface area (Å²) in [7, 11) is 0. The Kier molecular flexibility index (Phi) is 10.4. The quantitative estimate of drug-likeness (QED) is 0.140. The monoisotopic (exact) mass is 892 g/mol. The Morgan fingerprint density at radius 1 is 0.400 bits per heavy atom. The van der Waals surface area contributed by atoms with Gasteiger partial charge in [0.2, 0.25) is 0 Å². The molecule has 1 aromatic heterocycles. The number of allylic oxidation sites excluding steroid dienone is 8. The summed E-state index contributed by atoms with van der Waals surface area (Å²) in [6.45, 7) is 0. The first-order chi connectivity index (χ1) is 34.7. The van der Waals surface area contributed by atoms with Gasteiger partial charge in [-0.05, 0) is 122 Å². The van der Waals surface area contributed by atoms with E-state index in [2.05, 4.69) is 283 Å². The highest BCUT2D eigenvalue weighted by Gasteiger charge is 2.22. The fourth-order valence-electron chi connectivity index (χ4n) is 11.0. The molecule has 0 bridgehead atoms. The molecule has 1 atom stereocenters. The highest BCUT2D eigenvalue weighted by molar-refractivity contribution is 6.16. The summed E-state index contributed by atoms with van der Waals surface area (Å²) in [5.41, 5.74) is 20.3. The molecular formula is C68H48N2. The first-order valence-electron chi connectivity index (χ1n) is 24.4. The Morgan fingerprint density at radius 3 is 1.74 bits per heavy atom. The van der Waals surface area contributed by atoms with Crippen molar-refractivity contribution < 1.29 is 0 Å². The summed E-state index contributed by atoms with van der Waals surface area (Å²) >= 11 is 0. The summed E-state index contributed by atoms with van der Waals surface area (Å²) in [5.74, 6) is 0.458. The Balaban J connectivity index is 0.903. The van der Waals surface area contributed by atoms with Gasteiger partial charge in [-0.2, -0.15) is 0 Å². The molecule has 0 aliphatic heterocycles. The molecule has 0 fully saturated rings. The Morgan fingerprint density at radius 2 is 0.957 bits per heavy atom. The van der Waals surface area contributed by atoms with Crippen LogP contribution in [0.1, 0.15) is 12.0 Å². The van der Waals surface area contributed by atoms with Crippen molar-refractivity contribution >= 4 is 55.2 Å². The predicted octanol–water partition coefficient (Wildman–Crippen LogP) is 18.5. The maximum Gasteiger partial charge on any atom is 0.0547 e. The van der Waals surface area contributed by atoms with E-state index in [1.54, 1.807) is 0 Å². The average Bonchev–Trinajstić information content (AvgIpc) is 3.78. The van der Waals surface area contributed by atoms with E-state index in [9.17, 15) is 0 Å². The molecule has 0 saturated carbocycles. The van der Waals surface area contributed by atoms with Crippen molar-refractivity contribution in [3.8, 4) is 50.2 Å². The molecule has 11 aromatic rings. The number of benzene rings is 10. The van der Waals surface area contributed by atoms with Gasteiger partial charge in [-0.3, -0.25) is 0 Å². The van der Waals surface area contributed by atoms with Crippen LogP contribution in [0.4, 0.5) is 17.1 Å². The second kappa shape index (κ2) is 17.6. The van der Waals surface area contributed by atoms with Crippen LogP contribution in [0.25, 0.3) is 88.3 Å². The van der Waals surface area contributed by atoms with E-state index in [-0.39, 0.29) is 0 Å². The van der Waals surface area contributed by atoms with Gasteiger partial charge >= 0.3 is 0 Å². The summed E-state index contributed by atoms with van der Waals surface area (Å²) in [4.78, 5) is 2.41. The van der Waals surface area contributed by atoms with Crippen molar-refractivity contribution in [1.29, 1.82) is 0 Å². The van der Waals surface area contributed by atoms with Crippen LogP contribution in [0, 0.1) is 5.92 Å². The number of rotatable bonds is 9. The van der Waals surface area contributed by atoms with Crippen LogP contribution < -0.4 is 4.90 Å². The SMILES string of the molecule is C1=CC2=C(c3ccc(-c4ccc(N(c5ccc(-c6ccccc6)cc5)c5ccccc5-c5cccc(-c6cccc7c6c6ccccc6n7-c6cccc7ccccc67)c5)cc4)cc3)C=CCC2C=C1. The van der Waals surface area contributed by atoms with Gasteiger partial charge < -0.3 is 9.47 Å². The molecule has 2 aliphatic rings. The van der Waals surface area contributed by atoms with Crippen LogP contribution >= 0.6 is 0 Å². The molecule has 330 valence electrons. The molecule has 1 heterocycles. The van der Waals surface area contributed by atoms with Crippen LogP contribution in [0.3, 0.4) is 0 Å². The molecule has 2 aliphatic carbocycles. The highest BCUT2D eigenvalue weighted by Crippen LogP contribution is 2.45. The van der Waals surface area contributed by atoms with E-state index in [0.717, 1.165) is 34.6 Å². The zero-order valence-corrected chi connectivity index (χ0v) is 38.7. The van der Waals surface area contributed by atoms with Gasteiger partial charge in [-0.1, -0.05) is 218 Å². The van der Waals surface area contributed by atoms with E-state index >= 15 is 0 Å². The van der Waals surface area contributed by atoms with E-state index < -0.39 is 0 Å². The van der Waals surface area contributed by atoms with Crippen LogP contribution in [-0.4, -0.2) is 4.57 Å². The number of hydrogen-bond acceptors (Lipinski definition) is 1. The molecule has 2 heteroatoms. The lowest BCUT2D eigenvalue weighted by atomic mass is 9.82. The van der Waals surface area contributed by atoms with Crippen LogP contribution in [0.15, 0.2) is 279 Å². The second-order valence-corrected chi connectivity index (χ2v) is 18.4. The standard InChI is InChI=1S/C68H48N2/c1-2-16-47(17-3-1)49-38-42-56(43-39-49)69(57-44-40-50(41-45-57)48-34-36-53(37-35-48)59-28-13-20-51-18-4-6-24-58(51)59)64-30-10-8-26-61(64)54-22-12-23-55(46-54)62-29-15-33-67-68(62)63-27-9-11-31-66(63)70(67)65-32-14-21-52-19-5-7-25-60(52)65/h1-19,21-46,51H,20H2. The number of para-hydroxylation sites is 2. The molecular weight excluding hydrogens is 845 g/mol. The molecule has 2 nitrogen and oxygen atoms in total. The molecule has 0 saturated heterocycles. The second-order valence-electron chi connectivity index (χ2n) is 18.4. The fraction of sp³-hybridized carbons (Fsp3) is 0.0294. The molecule has 0 radical (unpaired) electrons. The third-order valence-corrected chi connectivity index (χ3v) is 14.3. The zero-order chi connectivity index (χ0) is 46.4. The molecule has 0 amide bonds. The van der Waals surface area contributed by atoms with Crippen molar-refractivity contribution in [1.82, 2.24) is 4.57 Å². The van der Waals surface area contributed by atoms with Gasteiger partial charge in [0.05, 0.1) is 22.4 Å². The van der Waals surface area contributed by atoms with E-state index in [0.29, 0.717) is 5.92 Å². The topological polar surface area (TPSA) is 8.17 Å². The lowest BCUT2D eigenvalue weighted by Gasteiger charge is -2.28. The minimum Gasteiger partial charge on any atom is -0.310 e. The molecule has 1 unspecified atom stereocenters. The van der Waals surface area contributed by atoms with Gasteiger partial charge in [-0.15, -0.1) is 0 Å². The third-order valence-electron chi connectivity index (χ3n) is 14.3. The summed E-state index contributed by atoms with van der Waals surface area (Å²) in [6.07, 6.45) is 14.6. The fourth-order valence-corrected chi connectivity index (χ4v) is 11.0. The van der Waals surface area contributed by atoms with Crippen molar-refractivity contribution in [2.24, 2.45) is 5.92 Å². The number of hydrogen-bond donors (Lipinski definition) is 0. The smallest absolute Gasteiger partial charge is 0.0547 e. The number of anilines is 3. The van der Waals surface area contributed by atoms with Gasteiger partial charge in [0.1, 0.15) is 0 Å².